The van der Waals surface area contributed by atoms with Crippen LogP contribution in [0.25, 0.3) is 0 Å². The molecule has 2 aromatic rings. The van der Waals surface area contributed by atoms with Gasteiger partial charge in [0.05, 0.1) is 17.5 Å². The Morgan fingerprint density at radius 3 is 2.21 bits per heavy atom. The number of anilines is 1. The summed E-state index contributed by atoms with van der Waals surface area (Å²) < 4.78 is 65.6. The van der Waals surface area contributed by atoms with Crippen molar-refractivity contribution in [3.05, 3.63) is 63.6 Å². The standard InChI is InChI=1S/C25H28Cl2F3N3O4S/c1-16(24(35)31-18-8-3-4-9-18)32(14-20-21(26)11-6-12-22(20)27)23(34)15-33(38(2,36)37)19-10-5-7-17(13-19)25(28,29)30/h5-7,10-13,16,18H,3-4,8-9,14-15H2,1-2H3,(H,31,35). The summed E-state index contributed by atoms with van der Waals surface area (Å²) in [4.78, 5) is 27.8. The monoisotopic (exact) mass is 593 g/mol. The molecule has 0 bridgehead atoms. The van der Waals surface area contributed by atoms with Crippen molar-refractivity contribution in [2.75, 3.05) is 17.1 Å². The molecule has 1 aliphatic rings. The van der Waals surface area contributed by atoms with Gasteiger partial charge in [-0.3, -0.25) is 13.9 Å². The van der Waals surface area contributed by atoms with Crippen LogP contribution >= 0.6 is 23.2 Å². The molecule has 0 radical (unpaired) electrons. The predicted octanol–water partition coefficient (Wildman–Crippen LogP) is 5.25. The molecule has 38 heavy (non-hydrogen) atoms. The van der Waals surface area contributed by atoms with Crippen molar-refractivity contribution in [3.63, 3.8) is 0 Å². The van der Waals surface area contributed by atoms with E-state index in [4.69, 9.17) is 23.2 Å². The molecule has 208 valence electrons. The minimum absolute atomic E-state index is 0.0385. The van der Waals surface area contributed by atoms with E-state index in [1.807, 2.05) is 0 Å². The molecule has 3 rings (SSSR count). The van der Waals surface area contributed by atoms with E-state index in [0.29, 0.717) is 15.9 Å². The lowest BCUT2D eigenvalue weighted by molar-refractivity contribution is -0.139. The maximum atomic E-state index is 13.6. The van der Waals surface area contributed by atoms with Gasteiger partial charge in [-0.15, -0.1) is 0 Å². The van der Waals surface area contributed by atoms with Crippen molar-refractivity contribution in [3.8, 4) is 0 Å². The van der Waals surface area contributed by atoms with Crippen LogP contribution in [0.2, 0.25) is 10.0 Å². The summed E-state index contributed by atoms with van der Waals surface area (Å²) in [5.74, 6) is -1.27. The van der Waals surface area contributed by atoms with Crippen LogP contribution in [0, 0.1) is 0 Å². The molecule has 0 saturated heterocycles. The average molecular weight is 594 g/mol. The smallest absolute Gasteiger partial charge is 0.352 e. The largest absolute Gasteiger partial charge is 0.416 e. The van der Waals surface area contributed by atoms with Crippen LogP contribution in [0.3, 0.4) is 0 Å². The number of rotatable bonds is 9. The molecule has 2 aromatic carbocycles. The minimum atomic E-state index is -4.72. The summed E-state index contributed by atoms with van der Waals surface area (Å²) in [6.07, 6.45) is -0.385. The van der Waals surface area contributed by atoms with Gasteiger partial charge in [0, 0.05) is 28.2 Å². The van der Waals surface area contributed by atoms with Gasteiger partial charge in [0.2, 0.25) is 21.8 Å². The van der Waals surface area contributed by atoms with Gasteiger partial charge in [-0.05, 0) is 50.1 Å². The van der Waals surface area contributed by atoms with Crippen molar-refractivity contribution < 1.29 is 31.2 Å². The Kier molecular flexibility index (Phi) is 9.59. The molecule has 1 fully saturated rings. The van der Waals surface area contributed by atoms with Gasteiger partial charge >= 0.3 is 6.18 Å². The lowest BCUT2D eigenvalue weighted by Gasteiger charge is -2.32. The Balaban J connectivity index is 1.96. The van der Waals surface area contributed by atoms with E-state index in [1.54, 1.807) is 18.2 Å². The van der Waals surface area contributed by atoms with Gasteiger partial charge in [0.15, 0.2) is 0 Å². The molecule has 0 spiro atoms. The number of sulfonamides is 1. The summed E-state index contributed by atoms with van der Waals surface area (Å²) in [5.41, 5.74) is -1.07. The number of benzene rings is 2. The molecule has 7 nitrogen and oxygen atoms in total. The lowest BCUT2D eigenvalue weighted by atomic mass is 10.1. The number of alkyl halides is 3. The van der Waals surface area contributed by atoms with E-state index in [-0.39, 0.29) is 28.3 Å². The number of hydrogen-bond donors (Lipinski definition) is 1. The highest BCUT2D eigenvalue weighted by atomic mass is 35.5. The molecule has 1 aliphatic carbocycles. The zero-order valence-corrected chi connectivity index (χ0v) is 23.1. The maximum absolute atomic E-state index is 13.6. The number of carbonyl (C=O) groups excluding carboxylic acids is 2. The lowest BCUT2D eigenvalue weighted by Crippen LogP contribution is -2.52. The quantitative estimate of drug-likeness (QED) is 0.430. The zero-order chi connectivity index (χ0) is 28.3. The molecule has 13 heteroatoms. The Labute approximate surface area is 229 Å². The van der Waals surface area contributed by atoms with Crippen molar-refractivity contribution in [1.29, 1.82) is 0 Å². The van der Waals surface area contributed by atoms with Crippen LogP contribution in [-0.4, -0.2) is 50.0 Å². The second kappa shape index (κ2) is 12.1. The Hall–Kier alpha value is -2.50. The number of carbonyl (C=O) groups is 2. The molecule has 1 N–H and O–H groups in total. The molecule has 0 aliphatic heterocycles. The fraction of sp³-hybridized carbons (Fsp3) is 0.440. The molecule has 1 unspecified atom stereocenters. The first kappa shape index (κ1) is 30.0. The molecule has 0 aromatic heterocycles. The third-order valence-corrected chi connectivity index (χ3v) is 8.25. The summed E-state index contributed by atoms with van der Waals surface area (Å²) in [6.45, 7) is 0.419. The number of nitrogens with one attached hydrogen (secondary N) is 1. The molecule has 2 amide bonds. The molecular weight excluding hydrogens is 566 g/mol. The summed E-state index contributed by atoms with van der Waals surface area (Å²) >= 11 is 12.6. The highest BCUT2D eigenvalue weighted by Gasteiger charge is 2.34. The SMILES string of the molecule is CC(C(=O)NC1CCCC1)N(Cc1c(Cl)cccc1Cl)C(=O)CN(c1cccc(C(F)(F)F)c1)S(C)(=O)=O. The Morgan fingerprint density at radius 1 is 1.08 bits per heavy atom. The zero-order valence-electron chi connectivity index (χ0n) is 20.8. The van der Waals surface area contributed by atoms with Crippen LogP contribution in [0.4, 0.5) is 18.9 Å². The summed E-state index contributed by atoms with van der Waals surface area (Å²) in [5, 5.41) is 3.38. The second-order valence-corrected chi connectivity index (χ2v) is 11.9. The normalized spacial score (nSPS) is 15.2. The van der Waals surface area contributed by atoms with Gasteiger partial charge < -0.3 is 10.2 Å². The molecule has 0 heterocycles. The predicted molar refractivity (Wildman–Crippen MR) is 141 cm³/mol. The minimum Gasteiger partial charge on any atom is -0.352 e. The summed E-state index contributed by atoms with van der Waals surface area (Å²) in [7, 11) is -4.20. The fourth-order valence-corrected chi connectivity index (χ4v) is 5.64. The molecule has 1 saturated carbocycles. The van der Waals surface area contributed by atoms with E-state index in [9.17, 15) is 31.2 Å². The fourth-order valence-electron chi connectivity index (χ4n) is 4.28. The van der Waals surface area contributed by atoms with Gasteiger partial charge in [0.25, 0.3) is 0 Å². The van der Waals surface area contributed by atoms with Crippen LogP contribution in [0.15, 0.2) is 42.5 Å². The third-order valence-electron chi connectivity index (χ3n) is 6.40. The van der Waals surface area contributed by atoms with E-state index in [1.165, 1.54) is 6.92 Å². The number of nitrogens with zero attached hydrogens (tertiary/aromatic N) is 2. The van der Waals surface area contributed by atoms with Gasteiger partial charge in [-0.1, -0.05) is 48.2 Å². The maximum Gasteiger partial charge on any atom is 0.416 e. The van der Waals surface area contributed by atoms with Crippen LogP contribution in [0.5, 0.6) is 0 Å². The number of halogens is 5. The van der Waals surface area contributed by atoms with Gasteiger partial charge in [-0.2, -0.15) is 13.2 Å². The molecular formula is C25H28Cl2F3N3O4S. The highest BCUT2D eigenvalue weighted by molar-refractivity contribution is 7.92. The van der Waals surface area contributed by atoms with E-state index >= 15 is 0 Å². The first-order valence-electron chi connectivity index (χ1n) is 11.9. The molecule has 1 atom stereocenters. The Bertz CT molecular complexity index is 1260. The van der Waals surface area contributed by atoms with Gasteiger partial charge in [-0.25, -0.2) is 8.42 Å². The van der Waals surface area contributed by atoms with E-state index in [0.717, 1.165) is 55.0 Å². The van der Waals surface area contributed by atoms with Crippen molar-refractivity contribution in [2.45, 2.75) is 57.4 Å². The van der Waals surface area contributed by atoms with Crippen molar-refractivity contribution in [2.24, 2.45) is 0 Å². The van der Waals surface area contributed by atoms with Gasteiger partial charge in [0.1, 0.15) is 12.6 Å². The van der Waals surface area contributed by atoms with Crippen molar-refractivity contribution in [1.82, 2.24) is 10.2 Å². The van der Waals surface area contributed by atoms with E-state index < -0.39 is 46.2 Å². The summed E-state index contributed by atoms with van der Waals surface area (Å²) in [6, 6.07) is 7.29. The number of amides is 2. The first-order valence-corrected chi connectivity index (χ1v) is 14.5. The third kappa shape index (κ3) is 7.54. The highest BCUT2D eigenvalue weighted by Crippen LogP contribution is 2.32. The average Bonchev–Trinajstić information content (AvgIpc) is 3.33. The van der Waals surface area contributed by atoms with Crippen LogP contribution < -0.4 is 9.62 Å². The van der Waals surface area contributed by atoms with E-state index in [2.05, 4.69) is 5.32 Å². The topological polar surface area (TPSA) is 86.8 Å². The second-order valence-electron chi connectivity index (χ2n) is 9.21. The van der Waals surface area contributed by atoms with Crippen LogP contribution in [0.1, 0.15) is 43.7 Å². The first-order chi connectivity index (χ1) is 17.7. The van der Waals surface area contributed by atoms with Crippen molar-refractivity contribution >= 4 is 50.7 Å². The Morgan fingerprint density at radius 2 is 1.66 bits per heavy atom. The van der Waals surface area contributed by atoms with Crippen LogP contribution in [-0.2, 0) is 32.3 Å². The number of hydrogen-bond acceptors (Lipinski definition) is 4.